The lowest BCUT2D eigenvalue weighted by Crippen LogP contribution is -2.34. The Morgan fingerprint density at radius 1 is 1.32 bits per heavy atom. The van der Waals surface area contributed by atoms with Gasteiger partial charge in [0.15, 0.2) is 0 Å². The summed E-state index contributed by atoms with van der Waals surface area (Å²) in [6.07, 6.45) is 5.34. The van der Waals surface area contributed by atoms with E-state index in [1.54, 1.807) is 0 Å². The van der Waals surface area contributed by atoms with Crippen molar-refractivity contribution in [2.24, 2.45) is 0 Å². The second kappa shape index (κ2) is 6.96. The second-order valence-corrected chi connectivity index (χ2v) is 5.42. The quantitative estimate of drug-likeness (QED) is 0.601. The van der Waals surface area contributed by atoms with E-state index >= 15 is 0 Å². The number of benzene rings is 1. The molecular formula is C16H21NO2. The Labute approximate surface area is 115 Å². The number of hydrogen-bond acceptors (Lipinski definition) is 3. The third kappa shape index (κ3) is 6.64. The molecule has 0 aliphatic carbocycles. The molecule has 0 saturated heterocycles. The summed E-state index contributed by atoms with van der Waals surface area (Å²) in [7, 11) is 0. The van der Waals surface area contributed by atoms with Gasteiger partial charge in [-0.25, -0.2) is 0 Å². The highest BCUT2D eigenvalue weighted by atomic mass is 16.6. The van der Waals surface area contributed by atoms with Crippen molar-refractivity contribution >= 4 is 5.97 Å². The summed E-state index contributed by atoms with van der Waals surface area (Å²) in [6.45, 7) is 6.84. The largest absolute Gasteiger partial charge is 0.459 e. The summed E-state index contributed by atoms with van der Waals surface area (Å²) >= 11 is 0. The van der Waals surface area contributed by atoms with E-state index in [0.29, 0.717) is 13.1 Å². The Balaban J connectivity index is 2.59. The van der Waals surface area contributed by atoms with Gasteiger partial charge in [-0.05, 0) is 26.3 Å². The van der Waals surface area contributed by atoms with Crippen molar-refractivity contribution in [3.8, 4) is 12.3 Å². The van der Waals surface area contributed by atoms with Gasteiger partial charge < -0.3 is 4.74 Å². The minimum Gasteiger partial charge on any atom is -0.459 e. The third-order valence-electron chi connectivity index (χ3n) is 2.34. The van der Waals surface area contributed by atoms with E-state index in [1.807, 2.05) is 56.0 Å². The molecule has 1 aromatic carbocycles. The molecule has 1 aromatic rings. The number of rotatable bonds is 5. The number of esters is 1. The zero-order chi connectivity index (χ0) is 14.3. The standard InChI is InChI=1S/C16H21NO2/c1-5-11-17(12-14-9-7-6-8-10-14)13-15(18)19-16(2,3)4/h1,6-10H,11-13H2,2-4H3. The predicted octanol–water partition coefficient (Wildman–Crippen LogP) is 2.46. The van der Waals surface area contributed by atoms with Crippen LogP contribution in [0.4, 0.5) is 0 Å². The molecule has 0 saturated carbocycles. The van der Waals surface area contributed by atoms with Gasteiger partial charge in [0, 0.05) is 6.54 Å². The molecular weight excluding hydrogens is 238 g/mol. The van der Waals surface area contributed by atoms with Gasteiger partial charge in [0.2, 0.25) is 0 Å². The van der Waals surface area contributed by atoms with Gasteiger partial charge in [0.25, 0.3) is 0 Å². The van der Waals surface area contributed by atoms with E-state index in [1.165, 1.54) is 0 Å². The van der Waals surface area contributed by atoms with Crippen LogP contribution in [-0.4, -0.2) is 29.6 Å². The van der Waals surface area contributed by atoms with Gasteiger partial charge in [-0.1, -0.05) is 36.3 Å². The maximum absolute atomic E-state index is 11.8. The lowest BCUT2D eigenvalue weighted by Gasteiger charge is -2.23. The Morgan fingerprint density at radius 2 is 1.95 bits per heavy atom. The van der Waals surface area contributed by atoms with Crippen molar-refractivity contribution in [2.75, 3.05) is 13.1 Å². The van der Waals surface area contributed by atoms with Crippen molar-refractivity contribution in [3.05, 3.63) is 35.9 Å². The number of nitrogens with zero attached hydrogens (tertiary/aromatic N) is 1. The normalized spacial score (nSPS) is 11.1. The fourth-order valence-electron chi connectivity index (χ4n) is 1.69. The monoisotopic (exact) mass is 259 g/mol. The molecule has 3 heteroatoms. The maximum Gasteiger partial charge on any atom is 0.320 e. The Hall–Kier alpha value is -1.79. The van der Waals surface area contributed by atoms with Gasteiger partial charge >= 0.3 is 5.97 Å². The fraction of sp³-hybridized carbons (Fsp3) is 0.438. The van der Waals surface area contributed by atoms with Gasteiger partial charge in [-0.3, -0.25) is 9.69 Å². The van der Waals surface area contributed by atoms with Crippen LogP contribution in [0.25, 0.3) is 0 Å². The molecule has 1 rings (SSSR count). The second-order valence-electron chi connectivity index (χ2n) is 5.42. The van der Waals surface area contributed by atoms with Crippen LogP contribution in [0.2, 0.25) is 0 Å². The first-order chi connectivity index (χ1) is 8.90. The minimum absolute atomic E-state index is 0.205. The van der Waals surface area contributed by atoms with Crippen molar-refractivity contribution in [2.45, 2.75) is 32.9 Å². The van der Waals surface area contributed by atoms with Crippen molar-refractivity contribution < 1.29 is 9.53 Å². The highest BCUT2D eigenvalue weighted by molar-refractivity contribution is 5.72. The van der Waals surface area contributed by atoms with Gasteiger partial charge in [0.05, 0.1) is 13.1 Å². The van der Waals surface area contributed by atoms with E-state index in [4.69, 9.17) is 11.2 Å². The number of hydrogen-bond donors (Lipinski definition) is 0. The first kappa shape index (κ1) is 15.3. The van der Waals surface area contributed by atoms with Gasteiger partial charge in [0.1, 0.15) is 5.60 Å². The molecule has 3 nitrogen and oxygen atoms in total. The smallest absolute Gasteiger partial charge is 0.320 e. The zero-order valence-electron chi connectivity index (χ0n) is 11.8. The van der Waals surface area contributed by atoms with Crippen LogP contribution in [0.15, 0.2) is 30.3 Å². The molecule has 0 fully saturated rings. The predicted molar refractivity (Wildman–Crippen MR) is 76.4 cm³/mol. The molecule has 0 aliphatic rings. The van der Waals surface area contributed by atoms with Crippen molar-refractivity contribution in [1.82, 2.24) is 4.90 Å². The Morgan fingerprint density at radius 3 is 2.47 bits per heavy atom. The van der Waals surface area contributed by atoms with Crippen LogP contribution >= 0.6 is 0 Å². The van der Waals surface area contributed by atoms with E-state index in [0.717, 1.165) is 5.56 Å². The molecule has 0 atom stereocenters. The topological polar surface area (TPSA) is 29.5 Å². The van der Waals surface area contributed by atoms with Crippen molar-refractivity contribution in [1.29, 1.82) is 0 Å². The fourth-order valence-corrected chi connectivity index (χ4v) is 1.69. The third-order valence-corrected chi connectivity index (χ3v) is 2.34. The zero-order valence-corrected chi connectivity index (χ0v) is 11.8. The molecule has 0 spiro atoms. The van der Waals surface area contributed by atoms with Gasteiger partial charge in [-0.2, -0.15) is 0 Å². The van der Waals surface area contributed by atoms with Crippen LogP contribution < -0.4 is 0 Å². The van der Waals surface area contributed by atoms with Crippen LogP contribution in [0.5, 0.6) is 0 Å². The lowest BCUT2D eigenvalue weighted by molar-refractivity contribution is -0.156. The number of ether oxygens (including phenoxy) is 1. The molecule has 0 aliphatic heterocycles. The Kier molecular flexibility index (Phi) is 5.59. The molecule has 0 heterocycles. The lowest BCUT2D eigenvalue weighted by atomic mass is 10.2. The van der Waals surface area contributed by atoms with Crippen LogP contribution in [0, 0.1) is 12.3 Å². The summed E-state index contributed by atoms with van der Waals surface area (Å²) < 4.78 is 5.30. The molecule has 0 unspecified atom stereocenters. The molecule has 0 amide bonds. The summed E-state index contributed by atoms with van der Waals surface area (Å²) in [5.74, 6) is 2.32. The molecule has 19 heavy (non-hydrogen) atoms. The summed E-state index contributed by atoms with van der Waals surface area (Å²) in [5, 5.41) is 0. The van der Waals surface area contributed by atoms with Crippen LogP contribution in [0.1, 0.15) is 26.3 Å². The average molecular weight is 259 g/mol. The van der Waals surface area contributed by atoms with E-state index in [-0.39, 0.29) is 12.5 Å². The summed E-state index contributed by atoms with van der Waals surface area (Å²) in [4.78, 5) is 13.7. The van der Waals surface area contributed by atoms with Crippen molar-refractivity contribution in [3.63, 3.8) is 0 Å². The SMILES string of the molecule is C#CCN(CC(=O)OC(C)(C)C)Cc1ccccc1. The number of carbonyl (C=O) groups is 1. The van der Waals surface area contributed by atoms with E-state index in [9.17, 15) is 4.79 Å². The van der Waals surface area contributed by atoms with Crippen LogP contribution in [0.3, 0.4) is 0 Å². The molecule has 0 N–H and O–H groups in total. The van der Waals surface area contributed by atoms with Crippen LogP contribution in [-0.2, 0) is 16.1 Å². The number of terminal acetylenes is 1. The first-order valence-corrected chi connectivity index (χ1v) is 6.32. The minimum atomic E-state index is -0.467. The van der Waals surface area contributed by atoms with Gasteiger partial charge in [-0.15, -0.1) is 6.42 Å². The highest BCUT2D eigenvalue weighted by Crippen LogP contribution is 2.09. The number of carbonyl (C=O) groups excluding carboxylic acids is 1. The molecule has 0 bridgehead atoms. The first-order valence-electron chi connectivity index (χ1n) is 6.32. The summed E-state index contributed by atoms with van der Waals surface area (Å²) in [5.41, 5.74) is 0.660. The van der Waals surface area contributed by atoms with E-state index < -0.39 is 5.60 Å². The Bertz CT molecular complexity index is 440. The molecule has 0 radical (unpaired) electrons. The molecule has 102 valence electrons. The summed E-state index contributed by atoms with van der Waals surface area (Å²) in [6, 6.07) is 9.92. The highest BCUT2D eigenvalue weighted by Gasteiger charge is 2.18. The molecule has 0 aromatic heterocycles. The average Bonchev–Trinajstić information content (AvgIpc) is 2.27. The van der Waals surface area contributed by atoms with E-state index in [2.05, 4.69) is 5.92 Å². The maximum atomic E-state index is 11.8.